The van der Waals surface area contributed by atoms with Gasteiger partial charge in [0.25, 0.3) is 0 Å². The van der Waals surface area contributed by atoms with E-state index in [1.54, 1.807) is 0 Å². The van der Waals surface area contributed by atoms with Crippen LogP contribution in [0.5, 0.6) is 0 Å². The lowest BCUT2D eigenvalue weighted by Gasteiger charge is -2.27. The highest BCUT2D eigenvalue weighted by molar-refractivity contribution is 6.18. The lowest BCUT2D eigenvalue weighted by atomic mass is 9.82. The van der Waals surface area contributed by atoms with Crippen LogP contribution in [0.2, 0.25) is 0 Å². The van der Waals surface area contributed by atoms with Crippen LogP contribution in [0.1, 0.15) is 25.0 Å². The number of hydrogen-bond acceptors (Lipinski definition) is 4. The van der Waals surface area contributed by atoms with Crippen LogP contribution in [0.4, 0.5) is 17.1 Å². The number of rotatable bonds is 5. The SMILES string of the molecule is CC1(C)c2ccccc2-c2cc(N(c3cccc(-c4ccccc4)c3)c3c4nc(-c5ccccc5)oc4cc4c3oc3ccccc34)ccc21. The van der Waals surface area contributed by atoms with Gasteiger partial charge in [-0.1, -0.05) is 123 Å². The van der Waals surface area contributed by atoms with E-state index in [-0.39, 0.29) is 5.41 Å². The Labute approximate surface area is 289 Å². The predicted octanol–water partition coefficient (Wildman–Crippen LogP) is 12.8. The van der Waals surface area contributed by atoms with Crippen molar-refractivity contribution in [3.63, 3.8) is 0 Å². The summed E-state index contributed by atoms with van der Waals surface area (Å²) in [6.45, 7) is 4.63. The largest absolute Gasteiger partial charge is 0.454 e. The predicted molar refractivity (Wildman–Crippen MR) is 204 cm³/mol. The molecule has 0 N–H and O–H groups in total. The maximum atomic E-state index is 6.80. The molecular weight excluding hydrogens is 613 g/mol. The molecule has 0 radical (unpaired) electrons. The van der Waals surface area contributed by atoms with Crippen molar-refractivity contribution in [2.45, 2.75) is 19.3 Å². The van der Waals surface area contributed by atoms with E-state index in [0.717, 1.165) is 61.2 Å². The topological polar surface area (TPSA) is 42.4 Å². The summed E-state index contributed by atoms with van der Waals surface area (Å²) >= 11 is 0. The zero-order valence-electron chi connectivity index (χ0n) is 27.7. The third-order valence-corrected chi connectivity index (χ3v) is 10.3. The van der Waals surface area contributed by atoms with Gasteiger partial charge in [0.1, 0.15) is 16.8 Å². The van der Waals surface area contributed by atoms with Crippen molar-refractivity contribution in [2.75, 3.05) is 4.90 Å². The third kappa shape index (κ3) is 4.28. The van der Waals surface area contributed by atoms with Crippen molar-refractivity contribution in [1.82, 2.24) is 4.98 Å². The molecule has 1 aliphatic rings. The molecule has 2 heterocycles. The molecule has 0 saturated carbocycles. The smallest absolute Gasteiger partial charge is 0.227 e. The van der Waals surface area contributed by atoms with Gasteiger partial charge in [0.05, 0.1) is 0 Å². The molecule has 50 heavy (non-hydrogen) atoms. The third-order valence-electron chi connectivity index (χ3n) is 10.3. The molecule has 0 bridgehead atoms. The Balaban J connectivity index is 1.31. The molecule has 0 amide bonds. The van der Waals surface area contributed by atoms with Crippen LogP contribution in [-0.4, -0.2) is 4.98 Å². The highest BCUT2D eigenvalue weighted by atomic mass is 16.4. The van der Waals surface area contributed by atoms with Crippen molar-refractivity contribution >= 4 is 50.1 Å². The van der Waals surface area contributed by atoms with E-state index in [4.69, 9.17) is 13.8 Å². The molecule has 0 spiro atoms. The Kier molecular flexibility index (Phi) is 6.19. The number of anilines is 3. The maximum absolute atomic E-state index is 6.80. The van der Waals surface area contributed by atoms with Crippen LogP contribution in [0.15, 0.2) is 167 Å². The number of fused-ring (bicyclic) bond motifs is 7. The summed E-state index contributed by atoms with van der Waals surface area (Å²) in [6.07, 6.45) is 0. The first-order valence-corrected chi connectivity index (χ1v) is 17.0. The lowest BCUT2D eigenvalue weighted by molar-refractivity contribution is 0.620. The molecule has 0 aliphatic heterocycles. The van der Waals surface area contributed by atoms with E-state index in [2.05, 4.69) is 134 Å². The summed E-state index contributed by atoms with van der Waals surface area (Å²) in [5.74, 6) is 0.571. The summed E-state index contributed by atoms with van der Waals surface area (Å²) in [6, 6.07) is 55.3. The zero-order chi connectivity index (χ0) is 33.4. The van der Waals surface area contributed by atoms with Crippen LogP contribution >= 0.6 is 0 Å². The molecule has 4 nitrogen and oxygen atoms in total. The molecule has 0 saturated heterocycles. The molecule has 2 aromatic heterocycles. The van der Waals surface area contributed by atoms with Gasteiger partial charge >= 0.3 is 0 Å². The van der Waals surface area contributed by atoms with E-state index < -0.39 is 0 Å². The van der Waals surface area contributed by atoms with E-state index in [1.165, 1.54) is 22.3 Å². The quantitative estimate of drug-likeness (QED) is 0.187. The summed E-state index contributed by atoms with van der Waals surface area (Å²) < 4.78 is 13.4. The fourth-order valence-electron chi connectivity index (χ4n) is 7.84. The maximum Gasteiger partial charge on any atom is 0.227 e. The Hall–Kier alpha value is -6.39. The number of nitrogens with zero attached hydrogens (tertiary/aromatic N) is 2. The summed E-state index contributed by atoms with van der Waals surface area (Å²) in [4.78, 5) is 7.53. The fourth-order valence-corrected chi connectivity index (χ4v) is 7.84. The summed E-state index contributed by atoms with van der Waals surface area (Å²) in [5.41, 5.74) is 14.1. The molecule has 0 atom stereocenters. The molecule has 0 fully saturated rings. The number of para-hydroxylation sites is 1. The fraction of sp³-hybridized carbons (Fsp3) is 0.0652. The van der Waals surface area contributed by atoms with E-state index in [9.17, 15) is 0 Å². The van der Waals surface area contributed by atoms with Gasteiger partial charge in [0.15, 0.2) is 11.2 Å². The highest BCUT2D eigenvalue weighted by Crippen LogP contribution is 2.52. The molecular formula is C46H32N2O2. The van der Waals surface area contributed by atoms with Gasteiger partial charge in [-0.3, -0.25) is 0 Å². The van der Waals surface area contributed by atoms with Crippen LogP contribution in [0.3, 0.4) is 0 Å². The number of benzene rings is 7. The summed E-state index contributed by atoms with van der Waals surface area (Å²) in [7, 11) is 0. The minimum Gasteiger partial charge on any atom is -0.454 e. The first kappa shape index (κ1) is 28.6. The average Bonchev–Trinajstić information content (AvgIpc) is 3.83. The van der Waals surface area contributed by atoms with Gasteiger partial charge in [-0.2, -0.15) is 0 Å². The Morgan fingerprint density at radius 3 is 2.02 bits per heavy atom. The zero-order valence-corrected chi connectivity index (χ0v) is 27.7. The van der Waals surface area contributed by atoms with E-state index >= 15 is 0 Å². The van der Waals surface area contributed by atoms with Crippen LogP contribution in [0, 0.1) is 0 Å². The van der Waals surface area contributed by atoms with Crippen molar-refractivity contribution in [2.24, 2.45) is 0 Å². The second-order valence-corrected chi connectivity index (χ2v) is 13.6. The average molecular weight is 645 g/mol. The minimum atomic E-state index is -0.106. The summed E-state index contributed by atoms with van der Waals surface area (Å²) in [5, 5.41) is 2.02. The number of hydrogen-bond donors (Lipinski definition) is 0. The van der Waals surface area contributed by atoms with Crippen LogP contribution in [-0.2, 0) is 5.41 Å². The second kappa shape index (κ2) is 10.8. The first-order chi connectivity index (χ1) is 24.5. The van der Waals surface area contributed by atoms with E-state index in [1.807, 2.05) is 42.5 Å². The van der Waals surface area contributed by atoms with Gasteiger partial charge in [0, 0.05) is 33.1 Å². The molecule has 7 aromatic carbocycles. The van der Waals surface area contributed by atoms with Crippen molar-refractivity contribution in [3.05, 3.63) is 169 Å². The second-order valence-electron chi connectivity index (χ2n) is 13.6. The first-order valence-electron chi connectivity index (χ1n) is 17.0. The molecule has 0 unspecified atom stereocenters. The molecule has 10 rings (SSSR count). The van der Waals surface area contributed by atoms with Crippen molar-refractivity contribution < 1.29 is 8.83 Å². The monoisotopic (exact) mass is 644 g/mol. The van der Waals surface area contributed by atoms with Crippen LogP contribution in [0.25, 0.3) is 66.7 Å². The Morgan fingerprint density at radius 2 is 1.18 bits per heavy atom. The standard InChI is InChI=1S/C46H32N2O2/c1-46(2)38-22-11-9-20-34(38)36-27-33(24-25-39(36)46)48(32-19-13-18-31(26-32)29-14-5-3-6-15-29)43-42-41(50-45(47-42)30-16-7-4-8-17-30)28-37-35-21-10-12-23-40(35)49-44(37)43/h3-28H,1-2H3. The molecule has 9 aromatic rings. The van der Waals surface area contributed by atoms with Gasteiger partial charge in [-0.05, 0) is 81.9 Å². The van der Waals surface area contributed by atoms with Crippen LogP contribution < -0.4 is 4.90 Å². The molecule has 4 heteroatoms. The molecule has 238 valence electrons. The molecule has 1 aliphatic carbocycles. The number of oxazole rings is 1. The lowest BCUT2D eigenvalue weighted by Crippen LogP contribution is -2.15. The Bertz CT molecular complexity index is 2740. The Morgan fingerprint density at radius 1 is 0.500 bits per heavy atom. The van der Waals surface area contributed by atoms with Gasteiger partial charge in [0.2, 0.25) is 5.89 Å². The van der Waals surface area contributed by atoms with E-state index in [0.29, 0.717) is 11.5 Å². The van der Waals surface area contributed by atoms with Crippen molar-refractivity contribution in [1.29, 1.82) is 0 Å². The highest BCUT2D eigenvalue weighted by Gasteiger charge is 2.36. The van der Waals surface area contributed by atoms with Gasteiger partial charge in [-0.15, -0.1) is 0 Å². The van der Waals surface area contributed by atoms with Gasteiger partial charge < -0.3 is 13.7 Å². The van der Waals surface area contributed by atoms with Crippen molar-refractivity contribution in [3.8, 4) is 33.7 Å². The number of aromatic nitrogens is 1. The van der Waals surface area contributed by atoms with Gasteiger partial charge in [-0.25, -0.2) is 4.98 Å². The minimum absolute atomic E-state index is 0.106. The normalized spacial score (nSPS) is 13.2. The number of furan rings is 1.